The van der Waals surface area contributed by atoms with Gasteiger partial charge in [-0.25, -0.2) is 4.98 Å². The first-order chi connectivity index (χ1) is 11.5. The summed E-state index contributed by atoms with van der Waals surface area (Å²) >= 11 is 6.08. The maximum Gasteiger partial charge on any atom is 0.237 e. The summed E-state index contributed by atoms with van der Waals surface area (Å²) in [6.07, 6.45) is 4.96. The summed E-state index contributed by atoms with van der Waals surface area (Å²) < 4.78 is 0. The minimum Gasteiger partial charge on any atom is -0.368 e. The van der Waals surface area contributed by atoms with Crippen molar-refractivity contribution in [2.24, 2.45) is 5.73 Å². The number of H-pyrrole nitrogens is 1. The van der Waals surface area contributed by atoms with Gasteiger partial charge < -0.3 is 16.0 Å². The number of pyridine rings is 1. The van der Waals surface area contributed by atoms with Crippen molar-refractivity contribution in [3.05, 3.63) is 29.0 Å². The quantitative estimate of drug-likeness (QED) is 0.753. The highest BCUT2D eigenvalue weighted by molar-refractivity contribution is 6.35. The average molecular weight is 350 g/mol. The van der Waals surface area contributed by atoms with Gasteiger partial charge >= 0.3 is 0 Å². The van der Waals surface area contributed by atoms with E-state index in [0.29, 0.717) is 30.2 Å². The number of aromatic nitrogens is 2. The van der Waals surface area contributed by atoms with Crippen LogP contribution < -0.4 is 11.1 Å². The van der Waals surface area contributed by atoms with Crippen molar-refractivity contribution in [3.63, 3.8) is 0 Å². The Morgan fingerprint density at radius 3 is 3.12 bits per heavy atom. The number of nitrogens with one attached hydrogen (secondary N) is 2. The van der Waals surface area contributed by atoms with Gasteiger partial charge in [-0.15, -0.1) is 0 Å². The van der Waals surface area contributed by atoms with E-state index in [1.54, 1.807) is 19.3 Å². The molecule has 2 aromatic heterocycles. The van der Waals surface area contributed by atoms with Crippen LogP contribution in [0.2, 0.25) is 5.02 Å². The fourth-order valence-corrected chi connectivity index (χ4v) is 3.36. The smallest absolute Gasteiger partial charge is 0.237 e. The Labute approximate surface area is 144 Å². The normalized spacial score (nSPS) is 19.5. The van der Waals surface area contributed by atoms with E-state index in [2.05, 4.69) is 15.3 Å². The molecule has 2 aromatic rings. The number of hydrogen-bond acceptors (Lipinski definition) is 4. The standard InChI is InChI=1S/C16H20ClN5O2/c1-9(22-4-2-3-13(22)14(18)23)16(24)21-7-10-5-11-12(17)8-20-15(11)19-6-10/h5-6,8-9,13H,2-4,7H2,1H3,(H2,18,23)(H,19,20)(H,21,24)/t9-,13?/m0/s1. The summed E-state index contributed by atoms with van der Waals surface area (Å²) in [5.41, 5.74) is 6.98. The number of primary amides is 1. The molecule has 0 saturated carbocycles. The largest absolute Gasteiger partial charge is 0.368 e. The van der Waals surface area contributed by atoms with E-state index in [0.717, 1.165) is 17.4 Å². The van der Waals surface area contributed by atoms with Crippen LogP contribution in [0.3, 0.4) is 0 Å². The average Bonchev–Trinajstić information content (AvgIpc) is 3.19. The summed E-state index contributed by atoms with van der Waals surface area (Å²) in [5.74, 6) is -0.507. The molecule has 0 aromatic carbocycles. The first kappa shape index (κ1) is 16.7. The van der Waals surface area contributed by atoms with Gasteiger partial charge in [0, 0.05) is 24.3 Å². The highest BCUT2D eigenvalue weighted by Crippen LogP contribution is 2.22. The Kier molecular flexibility index (Phi) is 4.73. The number of nitrogens with zero attached hydrogens (tertiary/aromatic N) is 2. The molecule has 1 aliphatic heterocycles. The number of aromatic amines is 1. The van der Waals surface area contributed by atoms with Crippen molar-refractivity contribution in [1.29, 1.82) is 0 Å². The van der Waals surface area contributed by atoms with Crippen LogP contribution in [0, 0.1) is 0 Å². The van der Waals surface area contributed by atoms with Crippen LogP contribution in [-0.2, 0) is 16.1 Å². The van der Waals surface area contributed by atoms with Gasteiger partial charge in [-0.2, -0.15) is 0 Å². The number of halogens is 1. The van der Waals surface area contributed by atoms with Crippen molar-refractivity contribution >= 4 is 34.4 Å². The lowest BCUT2D eigenvalue weighted by Gasteiger charge is -2.27. The second-order valence-corrected chi connectivity index (χ2v) is 6.48. The fraction of sp³-hybridized carbons (Fsp3) is 0.438. The van der Waals surface area contributed by atoms with E-state index >= 15 is 0 Å². The van der Waals surface area contributed by atoms with Crippen LogP contribution in [0.4, 0.5) is 0 Å². The summed E-state index contributed by atoms with van der Waals surface area (Å²) in [6.45, 7) is 2.85. The van der Waals surface area contributed by atoms with Gasteiger partial charge in [0.25, 0.3) is 0 Å². The zero-order chi connectivity index (χ0) is 17.3. The summed E-state index contributed by atoms with van der Waals surface area (Å²) in [6, 6.07) is 1.13. The van der Waals surface area contributed by atoms with Crippen LogP contribution in [0.25, 0.3) is 11.0 Å². The zero-order valence-corrected chi connectivity index (χ0v) is 14.1. The molecule has 2 atom stereocenters. The molecule has 1 unspecified atom stereocenters. The highest BCUT2D eigenvalue weighted by Gasteiger charge is 2.35. The van der Waals surface area contributed by atoms with E-state index < -0.39 is 6.04 Å². The Balaban J connectivity index is 1.63. The van der Waals surface area contributed by atoms with Gasteiger partial charge in [0.1, 0.15) is 5.65 Å². The monoisotopic (exact) mass is 349 g/mol. The molecule has 3 rings (SSSR count). The van der Waals surface area contributed by atoms with Gasteiger partial charge in [-0.05, 0) is 37.9 Å². The van der Waals surface area contributed by atoms with Crippen molar-refractivity contribution in [1.82, 2.24) is 20.2 Å². The minimum atomic E-state index is -0.405. The number of hydrogen-bond donors (Lipinski definition) is 3. The molecule has 1 fully saturated rings. The third-order valence-corrected chi connectivity index (χ3v) is 4.82. The van der Waals surface area contributed by atoms with Crippen molar-refractivity contribution in [2.75, 3.05) is 6.54 Å². The van der Waals surface area contributed by atoms with Crippen molar-refractivity contribution in [3.8, 4) is 0 Å². The van der Waals surface area contributed by atoms with E-state index in [1.807, 2.05) is 11.0 Å². The molecule has 0 bridgehead atoms. The van der Waals surface area contributed by atoms with Crippen LogP contribution >= 0.6 is 11.6 Å². The molecule has 2 amide bonds. The molecule has 0 radical (unpaired) electrons. The van der Waals surface area contributed by atoms with Crippen LogP contribution in [0.1, 0.15) is 25.3 Å². The third-order valence-electron chi connectivity index (χ3n) is 4.50. The molecular weight excluding hydrogens is 330 g/mol. The predicted molar refractivity (Wildman–Crippen MR) is 91.3 cm³/mol. The van der Waals surface area contributed by atoms with E-state index in [-0.39, 0.29) is 17.9 Å². The van der Waals surface area contributed by atoms with Crippen LogP contribution in [0.15, 0.2) is 18.5 Å². The lowest BCUT2D eigenvalue weighted by molar-refractivity contribution is -0.129. The Morgan fingerprint density at radius 2 is 2.38 bits per heavy atom. The summed E-state index contributed by atoms with van der Waals surface area (Å²) in [7, 11) is 0. The molecule has 8 heteroatoms. The maximum absolute atomic E-state index is 12.4. The Morgan fingerprint density at radius 1 is 1.58 bits per heavy atom. The number of carbonyl (C=O) groups excluding carboxylic acids is 2. The fourth-order valence-electron chi connectivity index (χ4n) is 3.16. The molecule has 7 nitrogen and oxygen atoms in total. The van der Waals surface area contributed by atoms with Crippen LogP contribution in [0.5, 0.6) is 0 Å². The van der Waals surface area contributed by atoms with Crippen molar-refractivity contribution < 1.29 is 9.59 Å². The number of amides is 2. The molecule has 1 saturated heterocycles. The van der Waals surface area contributed by atoms with E-state index in [9.17, 15) is 9.59 Å². The highest BCUT2D eigenvalue weighted by atomic mass is 35.5. The van der Waals surface area contributed by atoms with E-state index in [4.69, 9.17) is 17.3 Å². The first-order valence-electron chi connectivity index (χ1n) is 7.91. The summed E-state index contributed by atoms with van der Waals surface area (Å²) in [4.78, 5) is 33.0. The van der Waals surface area contributed by atoms with E-state index in [1.165, 1.54) is 0 Å². The number of carbonyl (C=O) groups is 2. The van der Waals surface area contributed by atoms with Crippen LogP contribution in [-0.4, -0.2) is 45.3 Å². The van der Waals surface area contributed by atoms with Gasteiger partial charge in [-0.3, -0.25) is 14.5 Å². The molecule has 4 N–H and O–H groups in total. The zero-order valence-electron chi connectivity index (χ0n) is 13.4. The predicted octanol–water partition coefficient (Wildman–Crippen LogP) is 1.17. The lowest BCUT2D eigenvalue weighted by Crippen LogP contribution is -2.50. The van der Waals surface area contributed by atoms with Gasteiger partial charge in [-0.1, -0.05) is 11.6 Å². The number of fused-ring (bicyclic) bond motifs is 1. The second kappa shape index (κ2) is 6.78. The molecular formula is C16H20ClN5O2. The molecule has 0 aliphatic carbocycles. The number of likely N-dealkylation sites (tertiary alicyclic amines) is 1. The lowest BCUT2D eigenvalue weighted by atomic mass is 10.1. The third kappa shape index (κ3) is 3.22. The molecule has 128 valence electrons. The van der Waals surface area contributed by atoms with Crippen molar-refractivity contribution in [2.45, 2.75) is 38.4 Å². The maximum atomic E-state index is 12.4. The minimum absolute atomic E-state index is 0.136. The topological polar surface area (TPSA) is 104 Å². The van der Waals surface area contributed by atoms with Gasteiger partial charge in [0.2, 0.25) is 11.8 Å². The molecule has 24 heavy (non-hydrogen) atoms. The molecule has 3 heterocycles. The summed E-state index contributed by atoms with van der Waals surface area (Å²) in [5, 5.41) is 4.31. The number of nitrogens with two attached hydrogens (primary N) is 1. The Hall–Kier alpha value is -2.12. The number of rotatable bonds is 5. The van der Waals surface area contributed by atoms with Gasteiger partial charge in [0.15, 0.2) is 0 Å². The first-order valence-corrected chi connectivity index (χ1v) is 8.29. The van der Waals surface area contributed by atoms with Gasteiger partial charge in [0.05, 0.1) is 17.1 Å². The SMILES string of the molecule is C[C@@H](C(=O)NCc1cnc2[nH]cc(Cl)c2c1)N1CCCC1C(N)=O. The second-order valence-electron chi connectivity index (χ2n) is 6.07. The molecule has 0 spiro atoms. The Bertz CT molecular complexity index is 775. The molecule has 1 aliphatic rings.